The molecular formula is C16H21Cl2N5O2S. The molecule has 2 aromatic rings. The van der Waals surface area contributed by atoms with Gasteiger partial charge in [-0.25, -0.2) is 13.1 Å². The van der Waals surface area contributed by atoms with Gasteiger partial charge in [0, 0.05) is 26.3 Å². The summed E-state index contributed by atoms with van der Waals surface area (Å²) in [5.41, 5.74) is 1.72. The molecule has 0 amide bonds. The Bertz CT molecular complexity index is 909. The summed E-state index contributed by atoms with van der Waals surface area (Å²) in [5.74, 6) is 0.570. The van der Waals surface area contributed by atoms with E-state index in [1.54, 1.807) is 35.9 Å². The third-order valence-corrected chi connectivity index (χ3v) is 6.07. The van der Waals surface area contributed by atoms with Crippen LogP contribution in [0.1, 0.15) is 11.3 Å². The van der Waals surface area contributed by atoms with Gasteiger partial charge in [0.25, 0.3) is 0 Å². The minimum atomic E-state index is -3.47. The van der Waals surface area contributed by atoms with Gasteiger partial charge in [0.15, 0.2) is 5.96 Å². The van der Waals surface area contributed by atoms with Crippen molar-refractivity contribution in [3.63, 3.8) is 0 Å². The van der Waals surface area contributed by atoms with Gasteiger partial charge < -0.3 is 15.2 Å². The van der Waals surface area contributed by atoms with Crippen molar-refractivity contribution in [1.29, 1.82) is 0 Å². The first kappa shape index (κ1) is 20.6. The summed E-state index contributed by atoms with van der Waals surface area (Å²) in [4.78, 5) is 4.37. The lowest BCUT2D eigenvalue weighted by Gasteiger charge is -2.13. The Hall–Kier alpha value is -1.74. The molecule has 0 atom stereocenters. The highest BCUT2D eigenvalue weighted by Gasteiger charge is 2.12. The van der Waals surface area contributed by atoms with Crippen LogP contribution in [-0.2, 0) is 30.2 Å². The van der Waals surface area contributed by atoms with Gasteiger partial charge in [0.05, 0.1) is 16.5 Å². The summed E-state index contributed by atoms with van der Waals surface area (Å²) >= 11 is 12.1. The normalized spacial score (nSPS) is 12.3. The maximum Gasteiger partial charge on any atom is 0.240 e. The quantitative estimate of drug-likeness (QED) is 0.495. The van der Waals surface area contributed by atoms with E-state index in [0.29, 0.717) is 29.2 Å². The zero-order valence-electron chi connectivity index (χ0n) is 14.7. The highest BCUT2D eigenvalue weighted by molar-refractivity contribution is 7.89. The van der Waals surface area contributed by atoms with Crippen LogP contribution in [0.3, 0.4) is 0 Å². The molecule has 0 radical (unpaired) electrons. The lowest BCUT2D eigenvalue weighted by Crippen LogP contribution is -2.36. The molecule has 1 heterocycles. The van der Waals surface area contributed by atoms with Gasteiger partial charge in [0.2, 0.25) is 10.0 Å². The maximum absolute atomic E-state index is 11.9. The number of aliphatic imine (C=N–C) groups is 1. The zero-order chi connectivity index (χ0) is 19.3. The molecule has 3 N–H and O–H groups in total. The Kier molecular flexibility index (Phi) is 6.94. The zero-order valence-corrected chi connectivity index (χ0v) is 17.0. The first-order valence-corrected chi connectivity index (χ1v) is 9.99. The average molecular weight is 418 g/mol. The number of nitrogens with zero attached hydrogens (tertiary/aromatic N) is 2. The van der Waals surface area contributed by atoms with Gasteiger partial charge in [-0.15, -0.1) is 0 Å². The fourth-order valence-corrected chi connectivity index (χ4v) is 3.50. The number of hydrogen-bond donors (Lipinski definition) is 3. The van der Waals surface area contributed by atoms with Gasteiger partial charge in [-0.1, -0.05) is 35.3 Å². The SMILES string of the molecule is CN=C(NCc1cccc(S(=O)(=O)NC)c1)NCc1cc(Cl)c(Cl)n1C. The predicted octanol–water partition coefficient (Wildman–Crippen LogP) is 2.11. The van der Waals surface area contributed by atoms with E-state index in [1.165, 1.54) is 7.05 Å². The van der Waals surface area contributed by atoms with Crippen LogP contribution in [-0.4, -0.2) is 33.0 Å². The van der Waals surface area contributed by atoms with Gasteiger partial charge in [-0.3, -0.25) is 4.99 Å². The molecule has 0 bridgehead atoms. The van der Waals surface area contributed by atoms with E-state index < -0.39 is 10.0 Å². The van der Waals surface area contributed by atoms with Crippen LogP contribution in [0.4, 0.5) is 0 Å². The monoisotopic (exact) mass is 417 g/mol. The Balaban J connectivity index is 1.99. The van der Waals surface area contributed by atoms with Crippen molar-refractivity contribution < 1.29 is 8.42 Å². The standard InChI is InChI=1S/C16H21Cl2N5O2S/c1-19-16(22-10-12-8-14(17)15(18)23(12)3)21-9-11-5-4-6-13(7-11)26(24,25)20-2/h4-8,20H,9-10H2,1-3H3,(H2,19,21,22). The van der Waals surface area contributed by atoms with Crippen molar-refractivity contribution in [2.45, 2.75) is 18.0 Å². The van der Waals surface area contributed by atoms with E-state index in [1.807, 2.05) is 13.1 Å². The number of aromatic nitrogens is 1. The summed E-state index contributed by atoms with van der Waals surface area (Å²) in [5, 5.41) is 7.28. The number of halogens is 2. The minimum Gasteiger partial charge on any atom is -0.352 e. The first-order valence-electron chi connectivity index (χ1n) is 7.75. The second kappa shape index (κ2) is 8.77. The van der Waals surface area contributed by atoms with Gasteiger partial charge >= 0.3 is 0 Å². The summed E-state index contributed by atoms with van der Waals surface area (Å²) in [6, 6.07) is 8.49. The van der Waals surface area contributed by atoms with Crippen LogP contribution in [0.5, 0.6) is 0 Å². The second-order valence-electron chi connectivity index (χ2n) is 5.47. The highest BCUT2D eigenvalue weighted by Crippen LogP contribution is 2.24. The van der Waals surface area contributed by atoms with Crippen LogP contribution in [0.25, 0.3) is 0 Å². The van der Waals surface area contributed by atoms with Crippen LogP contribution in [0.15, 0.2) is 40.2 Å². The molecule has 10 heteroatoms. The molecule has 1 aromatic carbocycles. The third kappa shape index (κ3) is 4.91. The molecule has 2 rings (SSSR count). The lowest BCUT2D eigenvalue weighted by molar-refractivity contribution is 0.588. The number of hydrogen-bond acceptors (Lipinski definition) is 3. The van der Waals surface area contributed by atoms with Crippen LogP contribution in [0, 0.1) is 0 Å². The molecule has 0 aliphatic heterocycles. The van der Waals surface area contributed by atoms with E-state index in [0.717, 1.165) is 11.3 Å². The molecule has 26 heavy (non-hydrogen) atoms. The maximum atomic E-state index is 11.9. The Morgan fingerprint density at radius 1 is 1.19 bits per heavy atom. The van der Waals surface area contributed by atoms with Crippen LogP contribution < -0.4 is 15.4 Å². The van der Waals surface area contributed by atoms with Gasteiger partial charge in [0.1, 0.15) is 5.15 Å². The Morgan fingerprint density at radius 3 is 2.46 bits per heavy atom. The van der Waals surface area contributed by atoms with E-state index in [-0.39, 0.29) is 4.90 Å². The third-order valence-electron chi connectivity index (χ3n) is 3.81. The summed E-state index contributed by atoms with van der Waals surface area (Å²) in [6.45, 7) is 0.901. The molecule has 0 unspecified atom stereocenters. The Morgan fingerprint density at radius 2 is 1.88 bits per heavy atom. The van der Waals surface area contributed by atoms with Crippen LogP contribution in [0.2, 0.25) is 10.2 Å². The van der Waals surface area contributed by atoms with E-state index >= 15 is 0 Å². The molecule has 142 valence electrons. The predicted molar refractivity (Wildman–Crippen MR) is 105 cm³/mol. The van der Waals surface area contributed by atoms with Gasteiger partial charge in [-0.05, 0) is 30.8 Å². The number of guanidine groups is 1. The fraction of sp³-hybridized carbons (Fsp3) is 0.312. The van der Waals surface area contributed by atoms with E-state index in [2.05, 4.69) is 20.3 Å². The summed E-state index contributed by atoms with van der Waals surface area (Å²) in [7, 11) is 1.40. The second-order valence-corrected chi connectivity index (χ2v) is 8.12. The van der Waals surface area contributed by atoms with E-state index in [4.69, 9.17) is 23.2 Å². The van der Waals surface area contributed by atoms with Crippen molar-refractivity contribution in [2.24, 2.45) is 12.0 Å². The highest BCUT2D eigenvalue weighted by atomic mass is 35.5. The summed E-state index contributed by atoms with van der Waals surface area (Å²) < 4.78 is 27.8. The number of nitrogens with one attached hydrogen (secondary N) is 3. The first-order chi connectivity index (χ1) is 12.3. The molecule has 0 saturated heterocycles. The molecule has 0 aliphatic rings. The number of sulfonamides is 1. The lowest BCUT2D eigenvalue weighted by atomic mass is 10.2. The van der Waals surface area contributed by atoms with Crippen LogP contribution >= 0.6 is 23.2 Å². The molecule has 0 aliphatic carbocycles. The number of benzene rings is 1. The molecule has 1 aromatic heterocycles. The van der Waals surface area contributed by atoms with Crippen molar-refractivity contribution in [3.8, 4) is 0 Å². The summed E-state index contributed by atoms with van der Waals surface area (Å²) in [6.07, 6.45) is 0. The molecule has 0 spiro atoms. The molecule has 0 saturated carbocycles. The molecule has 0 fully saturated rings. The largest absolute Gasteiger partial charge is 0.352 e. The topological polar surface area (TPSA) is 87.5 Å². The fourth-order valence-electron chi connectivity index (χ4n) is 2.28. The average Bonchev–Trinajstić information content (AvgIpc) is 2.89. The van der Waals surface area contributed by atoms with Crippen molar-refractivity contribution in [3.05, 3.63) is 51.8 Å². The number of rotatable bonds is 6. The Labute approximate surface area is 163 Å². The van der Waals surface area contributed by atoms with E-state index in [9.17, 15) is 8.42 Å². The smallest absolute Gasteiger partial charge is 0.240 e. The van der Waals surface area contributed by atoms with Crippen molar-refractivity contribution in [2.75, 3.05) is 14.1 Å². The van der Waals surface area contributed by atoms with Crippen molar-refractivity contribution >= 4 is 39.2 Å². The van der Waals surface area contributed by atoms with Crippen molar-refractivity contribution in [1.82, 2.24) is 19.9 Å². The van der Waals surface area contributed by atoms with Gasteiger partial charge in [-0.2, -0.15) is 0 Å². The minimum absolute atomic E-state index is 0.218. The molecular weight excluding hydrogens is 397 g/mol. The molecule has 7 nitrogen and oxygen atoms in total.